The quantitative estimate of drug-likeness (QED) is 0.733. The Balaban J connectivity index is 1.40. The molecule has 1 saturated carbocycles. The molecular weight excluding hydrogens is 375 g/mol. The van der Waals surface area contributed by atoms with Crippen LogP contribution < -0.4 is 4.90 Å². The molecule has 146 valence electrons. The summed E-state index contributed by atoms with van der Waals surface area (Å²) >= 11 is 5.57. The van der Waals surface area contributed by atoms with E-state index < -0.39 is 11.7 Å². The molecule has 0 atom stereocenters. The van der Waals surface area contributed by atoms with Crippen molar-refractivity contribution >= 4 is 17.9 Å². The van der Waals surface area contributed by atoms with Gasteiger partial charge in [-0.05, 0) is 50.2 Å². The number of nitrogens with zero attached hydrogens (tertiary/aromatic N) is 5. The predicted molar refractivity (Wildman–Crippen MR) is 99.3 cm³/mol. The van der Waals surface area contributed by atoms with E-state index in [1.54, 1.807) is 6.07 Å². The summed E-state index contributed by atoms with van der Waals surface area (Å²) in [4.78, 5) is 4.24. The molecule has 2 aromatic rings. The molecule has 1 saturated heterocycles. The van der Waals surface area contributed by atoms with E-state index in [9.17, 15) is 13.2 Å². The second-order valence-corrected chi connectivity index (χ2v) is 7.59. The van der Waals surface area contributed by atoms with Gasteiger partial charge in [0.25, 0.3) is 0 Å². The third kappa shape index (κ3) is 3.89. The predicted octanol–water partition coefficient (Wildman–Crippen LogP) is 3.86. The van der Waals surface area contributed by atoms with Gasteiger partial charge in [0.05, 0.1) is 12.2 Å². The summed E-state index contributed by atoms with van der Waals surface area (Å²) in [5.41, 5.74) is 0.0183. The molecule has 1 aliphatic heterocycles. The number of alkyl halides is 3. The molecule has 4 rings (SSSR count). The minimum absolute atomic E-state index is 0.504. The summed E-state index contributed by atoms with van der Waals surface area (Å²) in [5, 5.41) is 4.58. The first kappa shape index (κ1) is 18.5. The summed E-state index contributed by atoms with van der Waals surface area (Å²) < 4.78 is 43.5. The van der Waals surface area contributed by atoms with Crippen LogP contribution in [0.4, 0.5) is 18.9 Å². The Morgan fingerprint density at radius 3 is 2.48 bits per heavy atom. The van der Waals surface area contributed by atoms with Gasteiger partial charge in [0.1, 0.15) is 5.82 Å². The number of benzene rings is 1. The average Bonchev–Trinajstić information content (AvgIpc) is 3.42. The van der Waals surface area contributed by atoms with Crippen LogP contribution in [0.5, 0.6) is 0 Å². The molecule has 9 heteroatoms. The Labute approximate surface area is 161 Å². The smallest absolute Gasteiger partial charge is 0.369 e. The Bertz CT molecular complexity index is 876. The molecule has 0 N–H and O–H groups in total. The van der Waals surface area contributed by atoms with E-state index in [-0.39, 0.29) is 0 Å². The van der Waals surface area contributed by atoms with Crippen LogP contribution in [0, 0.1) is 11.7 Å². The van der Waals surface area contributed by atoms with Gasteiger partial charge < -0.3 is 9.47 Å². The van der Waals surface area contributed by atoms with Crippen molar-refractivity contribution in [3.63, 3.8) is 0 Å². The van der Waals surface area contributed by atoms with Crippen LogP contribution in [0.3, 0.4) is 0 Å². The zero-order chi connectivity index (χ0) is 19.2. The number of hydrogen-bond acceptors (Lipinski definition) is 4. The van der Waals surface area contributed by atoms with Crippen molar-refractivity contribution in [1.29, 1.82) is 0 Å². The van der Waals surface area contributed by atoms with Crippen LogP contribution in [0.25, 0.3) is 0 Å². The molecular formula is C18H22F3N5S. The van der Waals surface area contributed by atoms with Crippen molar-refractivity contribution in [1.82, 2.24) is 19.2 Å². The lowest BCUT2D eigenvalue weighted by molar-refractivity contribution is -0.137. The molecule has 5 nitrogen and oxygen atoms in total. The highest BCUT2D eigenvalue weighted by atomic mass is 32.1. The van der Waals surface area contributed by atoms with Crippen molar-refractivity contribution in [2.45, 2.75) is 38.7 Å². The number of rotatable bonds is 4. The van der Waals surface area contributed by atoms with Gasteiger partial charge in [-0.15, -0.1) is 0 Å². The van der Waals surface area contributed by atoms with Crippen LogP contribution in [0.2, 0.25) is 0 Å². The Morgan fingerprint density at radius 2 is 1.85 bits per heavy atom. The zero-order valence-corrected chi connectivity index (χ0v) is 15.9. The average molecular weight is 397 g/mol. The van der Waals surface area contributed by atoms with Gasteiger partial charge in [-0.2, -0.15) is 18.3 Å². The highest BCUT2D eigenvalue weighted by Crippen LogP contribution is 2.36. The molecule has 27 heavy (non-hydrogen) atoms. The highest BCUT2D eigenvalue weighted by Gasteiger charge is 2.31. The Morgan fingerprint density at radius 1 is 1.15 bits per heavy atom. The zero-order valence-electron chi connectivity index (χ0n) is 15.1. The fourth-order valence-electron chi connectivity index (χ4n) is 3.59. The molecule has 0 amide bonds. The molecule has 1 aromatic heterocycles. The molecule has 0 bridgehead atoms. The van der Waals surface area contributed by atoms with Crippen molar-refractivity contribution < 1.29 is 13.2 Å². The Hall–Kier alpha value is -1.87. The van der Waals surface area contributed by atoms with Crippen LogP contribution in [0.15, 0.2) is 24.3 Å². The van der Waals surface area contributed by atoms with E-state index in [2.05, 4.69) is 14.6 Å². The Kier molecular flexibility index (Phi) is 4.75. The fraction of sp³-hybridized carbons (Fsp3) is 0.556. The molecule has 1 aliphatic carbocycles. The van der Waals surface area contributed by atoms with Gasteiger partial charge in [0, 0.05) is 37.9 Å². The molecule has 2 aliphatic rings. The van der Waals surface area contributed by atoms with E-state index in [0.717, 1.165) is 42.6 Å². The monoisotopic (exact) mass is 397 g/mol. The first-order chi connectivity index (χ1) is 12.8. The third-order valence-corrected chi connectivity index (χ3v) is 5.61. The maximum Gasteiger partial charge on any atom is 0.416 e. The number of aryl methyl sites for hydroxylation is 1. The lowest BCUT2D eigenvalue weighted by atomic mass is 10.1. The van der Waals surface area contributed by atoms with Crippen molar-refractivity contribution in [2.75, 3.05) is 31.1 Å². The van der Waals surface area contributed by atoms with E-state index in [1.807, 2.05) is 16.5 Å². The lowest BCUT2D eigenvalue weighted by Gasteiger charge is -2.36. The minimum Gasteiger partial charge on any atom is -0.369 e. The van der Waals surface area contributed by atoms with E-state index in [0.29, 0.717) is 31.5 Å². The van der Waals surface area contributed by atoms with Crippen molar-refractivity contribution in [3.8, 4) is 0 Å². The first-order valence-electron chi connectivity index (χ1n) is 9.13. The molecule has 0 radical (unpaired) electrons. The summed E-state index contributed by atoms with van der Waals surface area (Å²) in [6, 6.07) is 6.05. The second-order valence-electron chi connectivity index (χ2n) is 7.23. The topological polar surface area (TPSA) is 29.2 Å². The summed E-state index contributed by atoms with van der Waals surface area (Å²) in [6.45, 7) is 5.47. The van der Waals surface area contributed by atoms with Gasteiger partial charge in [-0.1, -0.05) is 6.07 Å². The van der Waals surface area contributed by atoms with E-state index >= 15 is 0 Å². The summed E-state index contributed by atoms with van der Waals surface area (Å²) in [5.74, 6) is 0.949. The third-order valence-electron chi connectivity index (χ3n) is 5.20. The van der Waals surface area contributed by atoms with Crippen LogP contribution in [-0.4, -0.2) is 45.4 Å². The first-order valence-corrected chi connectivity index (χ1v) is 9.54. The normalized spacial score (nSPS) is 18.9. The second kappa shape index (κ2) is 6.94. The minimum atomic E-state index is -4.31. The van der Waals surface area contributed by atoms with E-state index in [1.165, 1.54) is 12.1 Å². The van der Waals surface area contributed by atoms with Crippen LogP contribution in [-0.2, 0) is 12.8 Å². The molecule has 0 unspecified atom stereocenters. The summed E-state index contributed by atoms with van der Waals surface area (Å²) in [6.07, 6.45) is -1.99. The highest BCUT2D eigenvalue weighted by molar-refractivity contribution is 7.71. The number of anilines is 1. The molecule has 2 heterocycles. The van der Waals surface area contributed by atoms with Gasteiger partial charge in [-0.25, -0.2) is 4.68 Å². The lowest BCUT2D eigenvalue weighted by Crippen LogP contribution is -2.47. The molecule has 2 fully saturated rings. The van der Waals surface area contributed by atoms with Crippen LogP contribution >= 0.6 is 12.2 Å². The van der Waals surface area contributed by atoms with Gasteiger partial charge in [0.2, 0.25) is 0 Å². The van der Waals surface area contributed by atoms with Crippen molar-refractivity contribution in [2.24, 2.45) is 0 Å². The molecule has 0 spiro atoms. The number of halogens is 3. The van der Waals surface area contributed by atoms with Gasteiger partial charge in [0.15, 0.2) is 4.77 Å². The SMILES string of the molecule is Cc1nn(CN2CCN(c3cccc(C(F)(F)F)c3)CC2)c(=S)n1C1CC1. The maximum atomic E-state index is 12.9. The standard InChI is InChI=1S/C18H22F3N5S/c1-13-22-25(17(27)26(13)15-5-6-15)12-23-7-9-24(10-8-23)16-4-2-3-14(11-16)18(19,20)21/h2-4,11,15H,5-10,12H2,1H3. The summed E-state index contributed by atoms with van der Waals surface area (Å²) in [7, 11) is 0. The largest absolute Gasteiger partial charge is 0.416 e. The van der Waals surface area contributed by atoms with E-state index in [4.69, 9.17) is 12.2 Å². The number of hydrogen-bond donors (Lipinski definition) is 0. The number of piperazine rings is 1. The fourth-order valence-corrected chi connectivity index (χ4v) is 3.97. The van der Waals surface area contributed by atoms with Gasteiger partial charge in [-0.3, -0.25) is 4.90 Å². The van der Waals surface area contributed by atoms with Crippen LogP contribution in [0.1, 0.15) is 30.3 Å². The maximum absolute atomic E-state index is 12.9. The van der Waals surface area contributed by atoms with Crippen molar-refractivity contribution in [3.05, 3.63) is 40.4 Å². The number of aromatic nitrogens is 3. The molecule has 1 aromatic carbocycles. The van der Waals surface area contributed by atoms with Gasteiger partial charge >= 0.3 is 6.18 Å².